The lowest BCUT2D eigenvalue weighted by Gasteiger charge is -2.40. The van der Waals surface area contributed by atoms with Crippen LogP contribution in [0.3, 0.4) is 0 Å². The number of rotatable bonds is 5. The molecule has 180 valence electrons. The highest BCUT2D eigenvalue weighted by Crippen LogP contribution is 2.32. The molecule has 2 N–H and O–H groups in total. The van der Waals surface area contributed by atoms with E-state index in [9.17, 15) is 4.79 Å². The average Bonchev–Trinajstić information content (AvgIpc) is 3.55. The van der Waals surface area contributed by atoms with Gasteiger partial charge in [-0.25, -0.2) is 9.97 Å². The zero-order valence-corrected chi connectivity index (χ0v) is 20.3. The molecule has 1 aliphatic heterocycles. The number of aromatic nitrogens is 6. The van der Waals surface area contributed by atoms with Crippen LogP contribution < -0.4 is 5.32 Å². The van der Waals surface area contributed by atoms with E-state index in [2.05, 4.69) is 51.2 Å². The van der Waals surface area contributed by atoms with E-state index in [1.54, 1.807) is 23.1 Å². The van der Waals surface area contributed by atoms with E-state index in [0.717, 1.165) is 37.3 Å². The molecule has 9 heteroatoms. The lowest BCUT2D eigenvalue weighted by atomic mass is 9.91. The van der Waals surface area contributed by atoms with Crippen molar-refractivity contribution in [2.75, 3.05) is 18.4 Å². The molecule has 9 nitrogen and oxygen atoms in total. The Bertz CT molecular complexity index is 1280. The van der Waals surface area contributed by atoms with E-state index < -0.39 is 0 Å². The minimum Gasteiger partial charge on any atom is -0.305 e. The summed E-state index contributed by atoms with van der Waals surface area (Å²) in [4.78, 5) is 24.7. The van der Waals surface area contributed by atoms with Crippen LogP contribution in [-0.4, -0.2) is 59.4 Å². The first kappa shape index (κ1) is 22.9. The summed E-state index contributed by atoms with van der Waals surface area (Å²) in [7, 11) is 0. The van der Waals surface area contributed by atoms with Gasteiger partial charge in [0.2, 0.25) is 0 Å². The molecule has 0 aromatic carbocycles. The molecule has 0 bridgehead atoms. The van der Waals surface area contributed by atoms with Crippen LogP contribution in [-0.2, 0) is 0 Å². The monoisotopic (exact) mass is 470 g/mol. The number of nitrogens with one attached hydrogen (secondary N) is 2. The SMILES string of the molecule is CC(C)(C)N1CCC(c2cc(NC(=O)c3cccc(-c4ccn[nH]4)n3)n(-c3ccccn3)n2)CC1. The third kappa shape index (κ3) is 5.00. The molecule has 1 amide bonds. The van der Waals surface area contributed by atoms with Crippen molar-refractivity contribution in [2.45, 2.75) is 45.1 Å². The normalized spacial score (nSPS) is 15.3. The Morgan fingerprint density at radius 3 is 2.57 bits per heavy atom. The Balaban J connectivity index is 1.41. The number of H-pyrrole nitrogens is 1. The van der Waals surface area contributed by atoms with E-state index in [0.29, 0.717) is 28.9 Å². The van der Waals surface area contributed by atoms with Gasteiger partial charge in [0, 0.05) is 29.9 Å². The summed E-state index contributed by atoms with van der Waals surface area (Å²) >= 11 is 0. The largest absolute Gasteiger partial charge is 0.305 e. The highest BCUT2D eigenvalue weighted by molar-refractivity contribution is 6.02. The van der Waals surface area contributed by atoms with Gasteiger partial charge in [0.25, 0.3) is 5.91 Å². The van der Waals surface area contributed by atoms with Crippen LogP contribution in [0.1, 0.15) is 55.7 Å². The second kappa shape index (κ2) is 9.42. The zero-order valence-electron chi connectivity index (χ0n) is 20.3. The number of nitrogens with zero attached hydrogens (tertiary/aromatic N) is 6. The summed E-state index contributed by atoms with van der Waals surface area (Å²) in [6.07, 6.45) is 5.43. The van der Waals surface area contributed by atoms with Crippen LogP contribution in [0.5, 0.6) is 0 Å². The van der Waals surface area contributed by atoms with Gasteiger partial charge in [0.15, 0.2) is 5.82 Å². The van der Waals surface area contributed by atoms with E-state index in [-0.39, 0.29) is 11.4 Å². The Kier molecular flexibility index (Phi) is 6.17. The topological polar surface area (TPSA) is 105 Å². The second-order valence-electron chi connectivity index (χ2n) is 9.82. The molecule has 1 saturated heterocycles. The van der Waals surface area contributed by atoms with Gasteiger partial charge in [0.1, 0.15) is 11.5 Å². The second-order valence-corrected chi connectivity index (χ2v) is 9.82. The molecule has 0 radical (unpaired) electrons. The van der Waals surface area contributed by atoms with Crippen molar-refractivity contribution in [2.24, 2.45) is 0 Å². The van der Waals surface area contributed by atoms with E-state index in [4.69, 9.17) is 5.10 Å². The summed E-state index contributed by atoms with van der Waals surface area (Å²) in [5, 5.41) is 14.7. The molecule has 0 spiro atoms. The molecule has 35 heavy (non-hydrogen) atoms. The molecule has 0 aliphatic carbocycles. The number of carbonyl (C=O) groups excluding carboxylic acids is 1. The average molecular weight is 471 g/mol. The van der Waals surface area contributed by atoms with Crippen molar-refractivity contribution < 1.29 is 4.79 Å². The summed E-state index contributed by atoms with van der Waals surface area (Å²) < 4.78 is 1.71. The lowest BCUT2D eigenvalue weighted by molar-refractivity contribution is 0.101. The predicted molar refractivity (Wildman–Crippen MR) is 134 cm³/mol. The van der Waals surface area contributed by atoms with E-state index >= 15 is 0 Å². The van der Waals surface area contributed by atoms with Gasteiger partial charge in [-0.15, -0.1) is 0 Å². The molecule has 1 fully saturated rings. The Morgan fingerprint density at radius 2 is 1.89 bits per heavy atom. The minimum absolute atomic E-state index is 0.162. The number of hydrogen-bond donors (Lipinski definition) is 2. The maximum absolute atomic E-state index is 13.2. The third-order valence-electron chi connectivity index (χ3n) is 6.46. The molecular weight excluding hydrogens is 440 g/mol. The van der Waals surface area contributed by atoms with Crippen LogP contribution in [0.25, 0.3) is 17.2 Å². The fourth-order valence-corrected chi connectivity index (χ4v) is 4.48. The first-order valence-corrected chi connectivity index (χ1v) is 11.9. The molecule has 4 aromatic heterocycles. The smallest absolute Gasteiger partial charge is 0.275 e. The van der Waals surface area contributed by atoms with Crippen LogP contribution in [0.4, 0.5) is 5.82 Å². The van der Waals surface area contributed by atoms with Gasteiger partial charge in [-0.05, 0) is 77.0 Å². The highest BCUT2D eigenvalue weighted by Gasteiger charge is 2.29. The van der Waals surface area contributed by atoms with Gasteiger partial charge in [-0.1, -0.05) is 12.1 Å². The number of hydrogen-bond acceptors (Lipinski definition) is 6. The number of amides is 1. The maximum Gasteiger partial charge on any atom is 0.275 e. The summed E-state index contributed by atoms with van der Waals surface area (Å²) in [5.41, 5.74) is 2.85. The van der Waals surface area contributed by atoms with Crippen molar-refractivity contribution in [1.29, 1.82) is 0 Å². The maximum atomic E-state index is 13.2. The molecule has 1 aliphatic rings. The van der Waals surface area contributed by atoms with Crippen LogP contribution in [0.15, 0.2) is 60.9 Å². The van der Waals surface area contributed by atoms with Crippen molar-refractivity contribution in [3.63, 3.8) is 0 Å². The van der Waals surface area contributed by atoms with Gasteiger partial charge in [-0.2, -0.15) is 14.9 Å². The number of carbonyl (C=O) groups is 1. The number of anilines is 1. The molecule has 0 atom stereocenters. The van der Waals surface area contributed by atoms with Crippen molar-refractivity contribution in [1.82, 2.24) is 34.8 Å². The van der Waals surface area contributed by atoms with Gasteiger partial charge < -0.3 is 5.32 Å². The zero-order chi connectivity index (χ0) is 24.4. The number of pyridine rings is 2. The van der Waals surface area contributed by atoms with Crippen LogP contribution >= 0.6 is 0 Å². The predicted octanol–water partition coefficient (Wildman–Crippen LogP) is 4.28. The van der Waals surface area contributed by atoms with Gasteiger partial charge in [0.05, 0.1) is 17.1 Å². The first-order chi connectivity index (χ1) is 16.9. The van der Waals surface area contributed by atoms with E-state index in [1.165, 1.54) is 0 Å². The summed E-state index contributed by atoms with van der Waals surface area (Å²) in [6.45, 7) is 8.82. The molecule has 5 heterocycles. The molecule has 0 unspecified atom stereocenters. The third-order valence-corrected chi connectivity index (χ3v) is 6.46. The van der Waals surface area contributed by atoms with Crippen LogP contribution in [0, 0.1) is 0 Å². The summed E-state index contributed by atoms with van der Waals surface area (Å²) in [5.74, 6) is 1.25. The molecular formula is C26H30N8O. The molecule has 4 aromatic rings. The van der Waals surface area contributed by atoms with Crippen molar-refractivity contribution >= 4 is 11.7 Å². The van der Waals surface area contributed by atoms with Gasteiger partial charge in [-0.3, -0.25) is 14.8 Å². The molecule has 5 rings (SSSR count). The highest BCUT2D eigenvalue weighted by atomic mass is 16.2. The fraction of sp³-hybridized carbons (Fsp3) is 0.346. The first-order valence-electron chi connectivity index (χ1n) is 11.9. The Hall–Kier alpha value is -3.85. The lowest BCUT2D eigenvalue weighted by Crippen LogP contribution is -2.45. The summed E-state index contributed by atoms with van der Waals surface area (Å²) in [6, 6.07) is 14.8. The number of piperidine rings is 1. The standard InChI is InChI=1S/C26H30N8O/c1-26(2,3)33-15-11-18(12-16-33)22-17-24(34(32-22)23-9-4-5-13-27-23)30-25(35)21-8-6-7-19(29-21)20-10-14-28-31-20/h4-10,13-14,17-18H,11-12,15-16H2,1-3H3,(H,28,31)(H,30,35). The fourth-order valence-electron chi connectivity index (χ4n) is 4.48. The minimum atomic E-state index is -0.308. The Morgan fingerprint density at radius 1 is 1.06 bits per heavy atom. The van der Waals surface area contributed by atoms with Crippen molar-refractivity contribution in [3.05, 3.63) is 72.3 Å². The van der Waals surface area contributed by atoms with Gasteiger partial charge >= 0.3 is 0 Å². The quantitative estimate of drug-likeness (QED) is 0.451. The molecule has 0 saturated carbocycles. The van der Waals surface area contributed by atoms with Crippen molar-refractivity contribution in [3.8, 4) is 17.2 Å². The number of likely N-dealkylation sites (tertiary alicyclic amines) is 1. The Labute approximate surface area is 204 Å². The van der Waals surface area contributed by atoms with E-state index in [1.807, 2.05) is 42.5 Å². The van der Waals surface area contributed by atoms with Crippen LogP contribution in [0.2, 0.25) is 0 Å². The number of aromatic amines is 1.